The van der Waals surface area contributed by atoms with Crippen LogP contribution in [-0.2, 0) is 0 Å². The van der Waals surface area contributed by atoms with Gasteiger partial charge in [0.2, 0.25) is 0 Å². The predicted molar refractivity (Wildman–Crippen MR) is 32.8 cm³/mol. The Morgan fingerprint density at radius 2 is 2.44 bits per heavy atom. The predicted octanol–water partition coefficient (Wildman–Crippen LogP) is 1.02. The second-order valence-corrected chi connectivity index (χ2v) is 1.73. The normalized spacial score (nSPS) is 12.0. The minimum atomic E-state index is -0.894. The molecule has 0 bridgehead atoms. The molecule has 0 rings (SSSR count). The van der Waals surface area contributed by atoms with E-state index in [1.807, 2.05) is 12.8 Å². The minimum absolute atomic E-state index is 0.413. The molecule has 0 heterocycles. The van der Waals surface area contributed by atoms with Crippen molar-refractivity contribution < 1.29 is 4.92 Å². The molecule has 0 amide bonds. The first kappa shape index (κ1) is 7.96. The fraction of sp³-hybridized carbons (Fsp3) is 0.667. The third-order valence-electron chi connectivity index (χ3n) is 0.983. The fourth-order valence-corrected chi connectivity index (χ4v) is 0.504. The van der Waals surface area contributed by atoms with E-state index in [1.165, 1.54) is 0 Å². The Labute approximate surface area is 54.2 Å². The Bertz CT molecular complexity index is 136. The van der Waals surface area contributed by atoms with Crippen LogP contribution in [0, 0.1) is 22.5 Å². The van der Waals surface area contributed by atoms with E-state index in [0.717, 1.165) is 6.42 Å². The molecule has 0 aliphatic rings. The number of nitro groups is 1. The Morgan fingerprint density at radius 1 is 1.89 bits per heavy atom. The van der Waals surface area contributed by atoms with E-state index in [-0.39, 0.29) is 0 Å². The summed E-state index contributed by atoms with van der Waals surface area (Å²) in [6.45, 7) is 1.84. The van der Waals surface area contributed by atoms with E-state index in [2.05, 4.69) is 0 Å². The summed E-state index contributed by atoms with van der Waals surface area (Å²) in [5.74, 6) is 1.85. The zero-order chi connectivity index (χ0) is 7.28. The quantitative estimate of drug-likeness (QED) is 0.322. The van der Waals surface area contributed by atoms with Gasteiger partial charge in [0, 0.05) is 11.3 Å². The second kappa shape index (κ2) is 3.90. The summed E-state index contributed by atoms with van der Waals surface area (Å²) >= 11 is 0. The van der Waals surface area contributed by atoms with Gasteiger partial charge in [0.1, 0.15) is 0 Å². The molecular weight excluding hydrogens is 118 g/mol. The van der Waals surface area contributed by atoms with E-state index >= 15 is 0 Å². The molecule has 9 heavy (non-hydrogen) atoms. The van der Waals surface area contributed by atoms with Crippen LogP contribution < -0.4 is 0 Å². The Morgan fingerprint density at radius 3 is 2.56 bits per heavy atom. The van der Waals surface area contributed by atoms with Crippen molar-refractivity contribution in [3.8, 4) is 5.92 Å². The summed E-state index contributed by atoms with van der Waals surface area (Å²) in [4.78, 5) is 9.45. The molecule has 1 atom stereocenters. The largest absolute Gasteiger partial charge is 0.273 e. The van der Waals surface area contributed by atoms with Crippen molar-refractivity contribution in [1.29, 1.82) is 0 Å². The summed E-state index contributed by atoms with van der Waals surface area (Å²) in [6.07, 6.45) is 7.63. The van der Waals surface area contributed by atoms with Crippen LogP contribution in [0.3, 0.4) is 0 Å². The Kier molecular flexibility index (Phi) is 3.45. The zero-order valence-electron chi connectivity index (χ0n) is 5.26. The molecule has 0 aromatic carbocycles. The topological polar surface area (TPSA) is 43.1 Å². The highest BCUT2D eigenvalue weighted by Crippen LogP contribution is 1.97. The van der Waals surface area contributed by atoms with Crippen LogP contribution in [0.5, 0.6) is 0 Å². The average Bonchev–Trinajstić information content (AvgIpc) is 1.82. The molecule has 0 saturated carbocycles. The monoisotopic (exact) mass is 126 g/mol. The van der Waals surface area contributed by atoms with E-state index in [0.29, 0.717) is 6.42 Å². The van der Waals surface area contributed by atoms with Gasteiger partial charge in [-0.15, -0.1) is 0 Å². The van der Waals surface area contributed by atoms with Crippen LogP contribution in [0.25, 0.3) is 0 Å². The van der Waals surface area contributed by atoms with Gasteiger partial charge < -0.3 is 0 Å². The molecule has 1 unspecified atom stereocenters. The van der Waals surface area contributed by atoms with E-state index in [9.17, 15) is 10.1 Å². The molecule has 1 radical (unpaired) electrons. The van der Waals surface area contributed by atoms with Gasteiger partial charge in [-0.1, -0.05) is 6.92 Å². The lowest BCUT2D eigenvalue weighted by molar-refractivity contribution is -0.507. The van der Waals surface area contributed by atoms with Gasteiger partial charge >= 0.3 is 0 Å². The van der Waals surface area contributed by atoms with Gasteiger partial charge in [-0.2, -0.15) is 0 Å². The molecule has 0 aromatic rings. The molecule has 0 aromatic heterocycles. The number of nitrogens with zero attached hydrogens (tertiary/aromatic N) is 1. The van der Waals surface area contributed by atoms with Crippen LogP contribution in [-0.4, -0.2) is 11.0 Å². The number of hydrogen-bond acceptors (Lipinski definition) is 2. The average molecular weight is 126 g/mol. The summed E-state index contributed by atoms with van der Waals surface area (Å²) in [7, 11) is 0. The zero-order valence-corrected chi connectivity index (χ0v) is 5.26. The summed E-state index contributed by atoms with van der Waals surface area (Å²) in [6, 6.07) is -0.894. The van der Waals surface area contributed by atoms with E-state index in [4.69, 9.17) is 6.42 Å². The van der Waals surface area contributed by atoms with Gasteiger partial charge in [0.15, 0.2) is 0 Å². The molecule has 3 nitrogen and oxygen atoms in total. The van der Waals surface area contributed by atoms with Crippen LogP contribution in [0.4, 0.5) is 0 Å². The van der Waals surface area contributed by atoms with Crippen LogP contribution in [0.1, 0.15) is 19.8 Å². The van der Waals surface area contributed by atoms with Crippen LogP contribution >= 0.6 is 0 Å². The van der Waals surface area contributed by atoms with Gasteiger partial charge in [0.05, 0.1) is 0 Å². The molecule has 0 spiro atoms. The lowest BCUT2D eigenvalue weighted by Crippen LogP contribution is -2.15. The third-order valence-corrected chi connectivity index (χ3v) is 0.983. The highest BCUT2D eigenvalue weighted by molar-refractivity contribution is 4.86. The summed E-state index contributed by atoms with van der Waals surface area (Å²) < 4.78 is 0. The van der Waals surface area contributed by atoms with Crippen molar-refractivity contribution >= 4 is 0 Å². The first-order valence-electron chi connectivity index (χ1n) is 2.78. The van der Waals surface area contributed by atoms with Crippen molar-refractivity contribution in [1.82, 2.24) is 0 Å². The molecule has 0 fully saturated rings. The standard InChI is InChI=1S/C6H8NO2/c1-3-5-6(4-2)7(8)9/h6H,3,5H2,1H3. The SMILES string of the molecule is [C]#CC(CCC)[N+](=O)[O-]. The second-order valence-electron chi connectivity index (χ2n) is 1.73. The molecule has 49 valence electrons. The first-order valence-corrected chi connectivity index (χ1v) is 2.78. The molecule has 0 N–H and O–H groups in total. The van der Waals surface area contributed by atoms with E-state index in [1.54, 1.807) is 0 Å². The van der Waals surface area contributed by atoms with E-state index < -0.39 is 11.0 Å². The van der Waals surface area contributed by atoms with Crippen LogP contribution in [0.2, 0.25) is 0 Å². The Hall–Kier alpha value is -1.04. The van der Waals surface area contributed by atoms with Crippen LogP contribution in [0.15, 0.2) is 0 Å². The number of rotatable bonds is 3. The van der Waals surface area contributed by atoms with Gasteiger partial charge in [0.25, 0.3) is 6.04 Å². The first-order chi connectivity index (χ1) is 4.22. The van der Waals surface area contributed by atoms with Crippen molar-refractivity contribution in [3.63, 3.8) is 0 Å². The Balaban J connectivity index is 3.72. The molecule has 0 aliphatic heterocycles. The molecular formula is C6H8NO2. The van der Waals surface area contributed by atoms with Crippen molar-refractivity contribution in [2.45, 2.75) is 25.8 Å². The smallest absolute Gasteiger partial charge is 0.263 e. The highest BCUT2D eigenvalue weighted by atomic mass is 16.6. The number of hydrogen-bond donors (Lipinski definition) is 0. The lowest BCUT2D eigenvalue weighted by Gasteiger charge is -1.96. The van der Waals surface area contributed by atoms with Gasteiger partial charge in [-0.05, 0) is 18.8 Å². The van der Waals surface area contributed by atoms with Gasteiger partial charge in [-0.3, -0.25) is 10.1 Å². The lowest BCUT2D eigenvalue weighted by atomic mass is 10.2. The van der Waals surface area contributed by atoms with Crippen molar-refractivity contribution in [3.05, 3.63) is 16.5 Å². The van der Waals surface area contributed by atoms with Crippen molar-refractivity contribution in [2.75, 3.05) is 0 Å². The van der Waals surface area contributed by atoms with Gasteiger partial charge in [-0.25, -0.2) is 0 Å². The fourth-order valence-electron chi connectivity index (χ4n) is 0.504. The summed E-state index contributed by atoms with van der Waals surface area (Å²) in [5, 5.41) is 9.94. The minimum Gasteiger partial charge on any atom is -0.263 e. The van der Waals surface area contributed by atoms with Crippen molar-refractivity contribution in [2.24, 2.45) is 0 Å². The maximum Gasteiger partial charge on any atom is 0.273 e. The maximum absolute atomic E-state index is 9.94. The molecule has 0 saturated heterocycles. The molecule has 0 aliphatic carbocycles. The molecule has 3 heteroatoms. The maximum atomic E-state index is 9.94. The summed E-state index contributed by atoms with van der Waals surface area (Å²) in [5.41, 5.74) is 0. The third kappa shape index (κ3) is 2.70. The highest BCUT2D eigenvalue weighted by Gasteiger charge is 2.13.